The maximum Gasteiger partial charge on any atom is 0.126 e. The molecule has 0 radical (unpaired) electrons. The summed E-state index contributed by atoms with van der Waals surface area (Å²) in [6.07, 6.45) is 1.81. The summed E-state index contributed by atoms with van der Waals surface area (Å²) >= 11 is 1.58. The first kappa shape index (κ1) is 13.2. The second kappa shape index (κ2) is 5.03. The molecule has 1 N–H and O–H groups in total. The van der Waals surface area contributed by atoms with Crippen LogP contribution >= 0.6 is 11.3 Å². The molecule has 4 aromatic rings. The van der Waals surface area contributed by atoms with Gasteiger partial charge in [0.15, 0.2) is 0 Å². The molecule has 0 spiro atoms. The number of benzene rings is 2. The van der Waals surface area contributed by atoms with Crippen molar-refractivity contribution in [1.82, 2.24) is 15.2 Å². The van der Waals surface area contributed by atoms with Crippen molar-refractivity contribution in [2.24, 2.45) is 0 Å². The van der Waals surface area contributed by atoms with Crippen LogP contribution < -0.4 is 0 Å². The van der Waals surface area contributed by atoms with Crippen molar-refractivity contribution < 1.29 is 4.39 Å². The summed E-state index contributed by atoms with van der Waals surface area (Å²) in [7, 11) is 0. The normalized spacial score (nSPS) is 11.2. The summed E-state index contributed by atoms with van der Waals surface area (Å²) in [5, 5.41) is 8.06. The molecule has 0 unspecified atom stereocenters. The molecule has 2 aromatic carbocycles. The standard InChI is InChI=1S/C17H12FN3S/c1-10-6-11(2-4-14(10)18)16-17(22-9-19-16)12-3-5-15-13(7-12)8-20-21-15/h2-9H,1H3,(H,20,21). The van der Waals surface area contributed by atoms with Crippen LogP contribution in [-0.4, -0.2) is 15.2 Å². The molecule has 3 nitrogen and oxygen atoms in total. The van der Waals surface area contributed by atoms with Gasteiger partial charge in [-0.2, -0.15) is 5.10 Å². The van der Waals surface area contributed by atoms with Crippen LogP contribution in [0.2, 0.25) is 0 Å². The monoisotopic (exact) mass is 309 g/mol. The van der Waals surface area contributed by atoms with Crippen LogP contribution in [0.15, 0.2) is 48.1 Å². The lowest BCUT2D eigenvalue weighted by molar-refractivity contribution is 0.619. The van der Waals surface area contributed by atoms with Gasteiger partial charge in [0, 0.05) is 10.9 Å². The maximum absolute atomic E-state index is 13.5. The van der Waals surface area contributed by atoms with Gasteiger partial charge in [-0.15, -0.1) is 11.3 Å². The van der Waals surface area contributed by atoms with Crippen molar-refractivity contribution in [3.8, 4) is 21.7 Å². The number of nitrogens with one attached hydrogen (secondary N) is 1. The van der Waals surface area contributed by atoms with E-state index < -0.39 is 0 Å². The molecule has 5 heteroatoms. The van der Waals surface area contributed by atoms with Gasteiger partial charge in [-0.3, -0.25) is 5.10 Å². The molecule has 0 aliphatic heterocycles. The summed E-state index contributed by atoms with van der Waals surface area (Å²) in [5.74, 6) is -0.194. The van der Waals surface area contributed by atoms with Gasteiger partial charge in [0.2, 0.25) is 0 Å². The summed E-state index contributed by atoms with van der Waals surface area (Å²) in [5.41, 5.74) is 6.36. The minimum atomic E-state index is -0.194. The van der Waals surface area contributed by atoms with Crippen LogP contribution in [-0.2, 0) is 0 Å². The average molecular weight is 309 g/mol. The van der Waals surface area contributed by atoms with Crippen molar-refractivity contribution in [2.45, 2.75) is 6.92 Å². The van der Waals surface area contributed by atoms with E-state index in [2.05, 4.69) is 21.2 Å². The van der Waals surface area contributed by atoms with Crippen molar-refractivity contribution in [2.75, 3.05) is 0 Å². The van der Waals surface area contributed by atoms with Crippen molar-refractivity contribution >= 4 is 22.2 Å². The molecule has 0 amide bonds. The SMILES string of the molecule is Cc1cc(-c2ncsc2-c2ccc3[nH]ncc3c2)ccc1F. The molecule has 0 atom stereocenters. The van der Waals surface area contributed by atoms with Gasteiger partial charge in [-0.25, -0.2) is 9.37 Å². The number of fused-ring (bicyclic) bond motifs is 1. The molecule has 0 fully saturated rings. The number of aromatic amines is 1. The van der Waals surface area contributed by atoms with Gasteiger partial charge in [-0.05, 0) is 48.4 Å². The van der Waals surface area contributed by atoms with Crippen LogP contribution in [0, 0.1) is 12.7 Å². The minimum Gasteiger partial charge on any atom is -0.278 e. The molecular formula is C17H12FN3S. The molecule has 22 heavy (non-hydrogen) atoms. The molecule has 0 aliphatic carbocycles. The molecule has 4 rings (SSSR count). The van der Waals surface area contributed by atoms with E-state index in [1.54, 1.807) is 24.3 Å². The Bertz CT molecular complexity index is 971. The molecule has 0 saturated heterocycles. The first-order chi connectivity index (χ1) is 10.7. The highest BCUT2D eigenvalue weighted by atomic mass is 32.1. The van der Waals surface area contributed by atoms with E-state index in [1.165, 1.54) is 6.07 Å². The second-order valence-corrected chi connectivity index (χ2v) is 6.02. The van der Waals surface area contributed by atoms with Crippen molar-refractivity contribution in [1.29, 1.82) is 0 Å². The first-order valence-corrected chi connectivity index (χ1v) is 7.74. The Kier molecular flexibility index (Phi) is 3.01. The third kappa shape index (κ3) is 2.10. The predicted molar refractivity (Wildman–Crippen MR) is 87.3 cm³/mol. The van der Waals surface area contributed by atoms with E-state index in [-0.39, 0.29) is 5.82 Å². The van der Waals surface area contributed by atoms with Gasteiger partial charge in [-0.1, -0.05) is 6.07 Å². The van der Waals surface area contributed by atoms with Gasteiger partial charge < -0.3 is 0 Å². The van der Waals surface area contributed by atoms with Crippen LogP contribution in [0.4, 0.5) is 4.39 Å². The number of H-pyrrole nitrogens is 1. The fourth-order valence-corrected chi connectivity index (χ4v) is 3.34. The van der Waals surface area contributed by atoms with Crippen LogP contribution in [0.3, 0.4) is 0 Å². The Labute approximate surface area is 130 Å². The number of thiazole rings is 1. The zero-order valence-electron chi connectivity index (χ0n) is 11.8. The molecule has 2 aromatic heterocycles. The lowest BCUT2D eigenvalue weighted by atomic mass is 10.0. The van der Waals surface area contributed by atoms with E-state index in [0.29, 0.717) is 5.56 Å². The number of hydrogen-bond donors (Lipinski definition) is 1. The van der Waals surface area contributed by atoms with E-state index >= 15 is 0 Å². The van der Waals surface area contributed by atoms with Gasteiger partial charge >= 0.3 is 0 Å². The lowest BCUT2D eigenvalue weighted by Gasteiger charge is -2.05. The Morgan fingerprint density at radius 2 is 1.95 bits per heavy atom. The zero-order chi connectivity index (χ0) is 15.1. The van der Waals surface area contributed by atoms with E-state index in [0.717, 1.165) is 32.6 Å². The number of rotatable bonds is 2. The Hall–Kier alpha value is -2.53. The van der Waals surface area contributed by atoms with Crippen LogP contribution in [0.5, 0.6) is 0 Å². The predicted octanol–water partition coefficient (Wildman–Crippen LogP) is 4.80. The van der Waals surface area contributed by atoms with Crippen molar-refractivity contribution in [3.05, 3.63) is 59.5 Å². The van der Waals surface area contributed by atoms with Gasteiger partial charge in [0.1, 0.15) is 5.82 Å². The molecular weight excluding hydrogens is 297 g/mol. The largest absolute Gasteiger partial charge is 0.278 e. The highest BCUT2D eigenvalue weighted by Crippen LogP contribution is 2.36. The van der Waals surface area contributed by atoms with E-state index in [1.807, 2.05) is 29.9 Å². The quantitative estimate of drug-likeness (QED) is 0.578. The number of nitrogens with zero attached hydrogens (tertiary/aromatic N) is 2. The summed E-state index contributed by atoms with van der Waals surface area (Å²) in [4.78, 5) is 5.55. The average Bonchev–Trinajstić information content (AvgIpc) is 3.17. The van der Waals surface area contributed by atoms with Gasteiger partial charge in [0.25, 0.3) is 0 Å². The Morgan fingerprint density at radius 1 is 1.09 bits per heavy atom. The minimum absolute atomic E-state index is 0.194. The number of aromatic nitrogens is 3. The van der Waals surface area contributed by atoms with E-state index in [9.17, 15) is 4.39 Å². The Morgan fingerprint density at radius 3 is 2.82 bits per heavy atom. The Balaban J connectivity index is 1.86. The molecule has 0 saturated carbocycles. The topological polar surface area (TPSA) is 41.6 Å². The molecule has 108 valence electrons. The van der Waals surface area contributed by atoms with Gasteiger partial charge in [0.05, 0.1) is 27.8 Å². The number of aryl methyl sites for hydroxylation is 1. The van der Waals surface area contributed by atoms with Crippen LogP contribution in [0.25, 0.3) is 32.6 Å². The lowest BCUT2D eigenvalue weighted by Crippen LogP contribution is -1.86. The maximum atomic E-state index is 13.5. The van der Waals surface area contributed by atoms with Crippen LogP contribution in [0.1, 0.15) is 5.56 Å². The molecule has 0 bridgehead atoms. The smallest absolute Gasteiger partial charge is 0.126 e. The fraction of sp³-hybridized carbons (Fsp3) is 0.0588. The summed E-state index contributed by atoms with van der Waals surface area (Å²) in [6, 6.07) is 11.3. The summed E-state index contributed by atoms with van der Waals surface area (Å²) in [6.45, 7) is 1.77. The third-order valence-corrected chi connectivity index (χ3v) is 4.58. The third-order valence-electron chi connectivity index (χ3n) is 3.70. The first-order valence-electron chi connectivity index (χ1n) is 6.86. The summed E-state index contributed by atoms with van der Waals surface area (Å²) < 4.78 is 13.5. The number of halogens is 1. The second-order valence-electron chi connectivity index (χ2n) is 5.17. The fourth-order valence-electron chi connectivity index (χ4n) is 2.53. The zero-order valence-corrected chi connectivity index (χ0v) is 12.6. The molecule has 2 heterocycles. The van der Waals surface area contributed by atoms with E-state index in [4.69, 9.17) is 0 Å². The highest BCUT2D eigenvalue weighted by molar-refractivity contribution is 7.13. The molecule has 0 aliphatic rings. The number of hydrogen-bond acceptors (Lipinski definition) is 3. The highest BCUT2D eigenvalue weighted by Gasteiger charge is 2.12. The van der Waals surface area contributed by atoms with Crippen molar-refractivity contribution in [3.63, 3.8) is 0 Å².